The quantitative estimate of drug-likeness (QED) is 0.808. The fourth-order valence-electron chi connectivity index (χ4n) is 3.31. The minimum Gasteiger partial charge on any atom is -0.323 e. The van der Waals surface area contributed by atoms with Gasteiger partial charge in [-0.15, -0.1) is 0 Å². The van der Waals surface area contributed by atoms with Gasteiger partial charge in [-0.1, -0.05) is 6.92 Å². The van der Waals surface area contributed by atoms with Crippen molar-refractivity contribution in [2.75, 3.05) is 13.6 Å². The van der Waals surface area contributed by atoms with E-state index in [0.29, 0.717) is 18.0 Å². The standard InChI is InChI=1S/C14H27N3O/c1-6-14(4)13(18)17(11(3)15-14)12-7-8-16(5)10(2)9-12/h10-12,15H,6-9H2,1-5H3. The molecule has 1 amide bonds. The summed E-state index contributed by atoms with van der Waals surface area (Å²) < 4.78 is 0. The second-order valence-electron chi connectivity index (χ2n) is 6.23. The maximum atomic E-state index is 12.6. The molecule has 4 atom stereocenters. The van der Waals surface area contributed by atoms with Crippen LogP contribution in [-0.2, 0) is 4.79 Å². The molecule has 2 aliphatic rings. The largest absolute Gasteiger partial charge is 0.323 e. The Morgan fingerprint density at radius 3 is 2.61 bits per heavy atom. The van der Waals surface area contributed by atoms with Gasteiger partial charge in [-0.25, -0.2) is 0 Å². The molecule has 4 heteroatoms. The highest BCUT2D eigenvalue weighted by molar-refractivity contribution is 5.88. The van der Waals surface area contributed by atoms with Gasteiger partial charge in [0.15, 0.2) is 0 Å². The SMILES string of the molecule is CCC1(C)NC(C)N(C2CCN(C)C(C)C2)C1=O. The molecule has 0 aromatic heterocycles. The molecule has 18 heavy (non-hydrogen) atoms. The summed E-state index contributed by atoms with van der Waals surface area (Å²) in [5.41, 5.74) is -0.355. The number of nitrogens with zero attached hydrogens (tertiary/aromatic N) is 2. The van der Waals surface area contributed by atoms with Crippen LogP contribution in [0.3, 0.4) is 0 Å². The summed E-state index contributed by atoms with van der Waals surface area (Å²) >= 11 is 0. The van der Waals surface area contributed by atoms with Gasteiger partial charge in [0.1, 0.15) is 0 Å². The number of nitrogens with one attached hydrogen (secondary N) is 1. The zero-order valence-electron chi connectivity index (χ0n) is 12.4. The molecule has 0 aromatic carbocycles. The number of rotatable bonds is 2. The topological polar surface area (TPSA) is 35.6 Å². The number of carbonyl (C=O) groups excluding carboxylic acids is 1. The molecule has 0 spiro atoms. The van der Waals surface area contributed by atoms with E-state index in [0.717, 1.165) is 25.8 Å². The van der Waals surface area contributed by atoms with E-state index < -0.39 is 0 Å². The predicted molar refractivity (Wildman–Crippen MR) is 73.3 cm³/mol. The Balaban J connectivity index is 2.12. The van der Waals surface area contributed by atoms with Gasteiger partial charge in [-0.3, -0.25) is 10.1 Å². The first kappa shape index (κ1) is 13.8. The molecule has 2 fully saturated rings. The molecule has 2 saturated heterocycles. The van der Waals surface area contributed by atoms with Crippen LogP contribution in [0.2, 0.25) is 0 Å². The first-order chi connectivity index (χ1) is 8.39. The number of likely N-dealkylation sites (tertiary alicyclic amines) is 1. The molecule has 0 aromatic rings. The van der Waals surface area contributed by atoms with Gasteiger partial charge >= 0.3 is 0 Å². The van der Waals surface area contributed by atoms with Crippen LogP contribution >= 0.6 is 0 Å². The second-order valence-corrected chi connectivity index (χ2v) is 6.23. The third kappa shape index (κ3) is 2.16. The van der Waals surface area contributed by atoms with Crippen molar-refractivity contribution in [1.82, 2.24) is 15.1 Å². The molecule has 1 N–H and O–H groups in total. The normalized spacial score (nSPS) is 42.6. The highest BCUT2D eigenvalue weighted by Crippen LogP contribution is 2.30. The van der Waals surface area contributed by atoms with Crippen LogP contribution in [0.25, 0.3) is 0 Å². The molecule has 4 nitrogen and oxygen atoms in total. The number of carbonyl (C=O) groups is 1. The Kier molecular flexibility index (Phi) is 3.70. The predicted octanol–water partition coefficient (Wildman–Crippen LogP) is 1.42. The minimum absolute atomic E-state index is 0.169. The van der Waals surface area contributed by atoms with Gasteiger partial charge in [0.2, 0.25) is 5.91 Å². The molecular formula is C14H27N3O. The Bertz CT molecular complexity index is 333. The first-order valence-corrected chi connectivity index (χ1v) is 7.19. The summed E-state index contributed by atoms with van der Waals surface area (Å²) in [7, 11) is 2.17. The lowest BCUT2D eigenvalue weighted by molar-refractivity contribution is -0.136. The highest BCUT2D eigenvalue weighted by atomic mass is 16.2. The lowest BCUT2D eigenvalue weighted by Crippen LogP contribution is -2.51. The van der Waals surface area contributed by atoms with Crippen molar-refractivity contribution in [3.05, 3.63) is 0 Å². The van der Waals surface area contributed by atoms with E-state index in [2.05, 4.69) is 42.9 Å². The zero-order valence-corrected chi connectivity index (χ0v) is 12.4. The average molecular weight is 253 g/mol. The third-order valence-corrected chi connectivity index (χ3v) is 4.93. The molecule has 0 aliphatic carbocycles. The van der Waals surface area contributed by atoms with E-state index in [9.17, 15) is 4.79 Å². The molecular weight excluding hydrogens is 226 g/mol. The molecule has 2 aliphatic heterocycles. The third-order valence-electron chi connectivity index (χ3n) is 4.93. The van der Waals surface area contributed by atoms with Crippen molar-refractivity contribution in [3.8, 4) is 0 Å². The van der Waals surface area contributed by atoms with Crippen molar-refractivity contribution in [2.45, 2.75) is 70.7 Å². The van der Waals surface area contributed by atoms with Crippen molar-refractivity contribution in [3.63, 3.8) is 0 Å². The molecule has 2 heterocycles. The molecule has 2 rings (SSSR count). The summed E-state index contributed by atoms with van der Waals surface area (Å²) in [5, 5.41) is 3.47. The van der Waals surface area contributed by atoms with Crippen LogP contribution in [0.4, 0.5) is 0 Å². The zero-order chi connectivity index (χ0) is 13.5. The smallest absolute Gasteiger partial charge is 0.244 e. The molecule has 0 saturated carbocycles. The van der Waals surface area contributed by atoms with E-state index >= 15 is 0 Å². The Hall–Kier alpha value is -0.610. The molecule has 104 valence electrons. The van der Waals surface area contributed by atoms with Crippen LogP contribution in [0.1, 0.15) is 47.0 Å². The van der Waals surface area contributed by atoms with Gasteiger partial charge in [0, 0.05) is 18.6 Å². The Morgan fingerprint density at radius 1 is 1.44 bits per heavy atom. The van der Waals surface area contributed by atoms with E-state index in [4.69, 9.17) is 0 Å². The summed E-state index contributed by atoms with van der Waals surface area (Å²) in [5.74, 6) is 0.291. The minimum atomic E-state index is -0.355. The summed E-state index contributed by atoms with van der Waals surface area (Å²) in [6.45, 7) is 9.57. The van der Waals surface area contributed by atoms with Gasteiger partial charge in [0.05, 0.1) is 11.7 Å². The van der Waals surface area contributed by atoms with Crippen molar-refractivity contribution in [2.24, 2.45) is 0 Å². The van der Waals surface area contributed by atoms with Gasteiger partial charge in [-0.2, -0.15) is 0 Å². The maximum Gasteiger partial charge on any atom is 0.244 e. The second kappa shape index (κ2) is 4.82. The van der Waals surface area contributed by atoms with Crippen LogP contribution in [0, 0.1) is 0 Å². The van der Waals surface area contributed by atoms with E-state index in [-0.39, 0.29) is 11.7 Å². The van der Waals surface area contributed by atoms with Crippen molar-refractivity contribution < 1.29 is 4.79 Å². The number of hydrogen-bond acceptors (Lipinski definition) is 3. The summed E-state index contributed by atoms with van der Waals surface area (Å²) in [6, 6.07) is 0.969. The molecule has 0 bridgehead atoms. The van der Waals surface area contributed by atoms with Crippen molar-refractivity contribution in [1.29, 1.82) is 0 Å². The van der Waals surface area contributed by atoms with Crippen LogP contribution < -0.4 is 5.32 Å². The van der Waals surface area contributed by atoms with Crippen LogP contribution in [-0.4, -0.2) is 53.1 Å². The van der Waals surface area contributed by atoms with Gasteiger partial charge in [0.25, 0.3) is 0 Å². The fraction of sp³-hybridized carbons (Fsp3) is 0.929. The first-order valence-electron chi connectivity index (χ1n) is 7.19. The highest BCUT2D eigenvalue weighted by Gasteiger charge is 2.48. The van der Waals surface area contributed by atoms with Gasteiger partial charge in [-0.05, 0) is 47.1 Å². The van der Waals surface area contributed by atoms with E-state index in [1.54, 1.807) is 0 Å². The lowest BCUT2D eigenvalue weighted by atomic mass is 9.95. The number of hydrogen-bond donors (Lipinski definition) is 1. The number of piperidine rings is 1. The van der Waals surface area contributed by atoms with Crippen LogP contribution in [0.15, 0.2) is 0 Å². The maximum absolute atomic E-state index is 12.6. The lowest BCUT2D eigenvalue weighted by Gasteiger charge is -2.40. The van der Waals surface area contributed by atoms with E-state index in [1.165, 1.54) is 0 Å². The Labute approximate surface area is 111 Å². The average Bonchev–Trinajstić information content (AvgIpc) is 2.55. The molecule has 0 radical (unpaired) electrons. The fourth-order valence-corrected chi connectivity index (χ4v) is 3.31. The molecule has 4 unspecified atom stereocenters. The Morgan fingerprint density at radius 2 is 2.11 bits per heavy atom. The number of amides is 1. The van der Waals surface area contributed by atoms with E-state index in [1.807, 2.05) is 6.92 Å². The van der Waals surface area contributed by atoms with Gasteiger partial charge < -0.3 is 9.80 Å². The summed E-state index contributed by atoms with van der Waals surface area (Å²) in [4.78, 5) is 17.1. The van der Waals surface area contributed by atoms with Crippen LogP contribution in [0.5, 0.6) is 0 Å². The van der Waals surface area contributed by atoms with Crippen molar-refractivity contribution >= 4 is 5.91 Å². The summed E-state index contributed by atoms with van der Waals surface area (Å²) in [6.07, 6.45) is 3.21. The monoisotopic (exact) mass is 253 g/mol.